The number of nitrogens with zero attached hydrogens (tertiary/aromatic N) is 2. The van der Waals surface area contributed by atoms with Crippen LogP contribution in [0.3, 0.4) is 0 Å². The molecule has 0 spiro atoms. The first-order valence-electron chi connectivity index (χ1n) is 9.20. The van der Waals surface area contributed by atoms with E-state index in [9.17, 15) is 13.2 Å². The summed E-state index contributed by atoms with van der Waals surface area (Å²) >= 11 is 0. The van der Waals surface area contributed by atoms with Crippen LogP contribution in [0.5, 0.6) is 28.9 Å². The molecular weight excluding hydrogens is 440 g/mol. The second kappa shape index (κ2) is 9.18. The van der Waals surface area contributed by atoms with E-state index in [0.717, 1.165) is 6.20 Å². The third-order valence-corrected chi connectivity index (χ3v) is 5.81. The molecule has 0 bridgehead atoms. The average Bonchev–Trinajstić information content (AvgIpc) is 2.79. The topological polar surface area (TPSA) is 115 Å². The third-order valence-electron chi connectivity index (χ3n) is 4.59. The number of methoxy groups -OCH3 is 4. The fraction of sp³-hybridized carbons (Fsp3) is 0.238. The first-order chi connectivity index (χ1) is 15.2. The van der Waals surface area contributed by atoms with Gasteiger partial charge in [-0.15, -0.1) is 0 Å². The third kappa shape index (κ3) is 4.33. The van der Waals surface area contributed by atoms with E-state index in [2.05, 4.69) is 4.98 Å². The Hall–Kier alpha value is -3.73. The Balaban J connectivity index is 2.25. The van der Waals surface area contributed by atoms with Crippen molar-refractivity contribution in [2.75, 3.05) is 28.4 Å². The van der Waals surface area contributed by atoms with Gasteiger partial charge in [0.2, 0.25) is 11.6 Å². The molecule has 0 atom stereocenters. The SMILES string of the molecule is COc1ccc(S(=O)(=O)Oc2cc(OC)c(OC)c(OC)c2-c2ccn(C)c(=O)c2)cn1. The molecule has 0 saturated heterocycles. The van der Waals surface area contributed by atoms with Gasteiger partial charge >= 0.3 is 10.1 Å². The number of ether oxygens (including phenoxy) is 4. The summed E-state index contributed by atoms with van der Waals surface area (Å²) in [6, 6.07) is 7.00. The van der Waals surface area contributed by atoms with Gasteiger partial charge in [0, 0.05) is 31.4 Å². The van der Waals surface area contributed by atoms with E-state index in [1.807, 2.05) is 0 Å². The van der Waals surface area contributed by atoms with E-state index in [1.54, 1.807) is 19.3 Å². The standard InChI is InChI=1S/C21H22N2O8S/c1-23-9-8-13(10-18(23)24)19-15(11-16(27-2)20(29-4)21(19)30-5)31-32(25,26)14-6-7-17(28-3)22-12-14/h6-12H,1-5H3. The van der Waals surface area contributed by atoms with Crippen LogP contribution in [0, 0.1) is 0 Å². The molecule has 32 heavy (non-hydrogen) atoms. The van der Waals surface area contributed by atoms with Crippen molar-refractivity contribution in [1.82, 2.24) is 9.55 Å². The number of aromatic nitrogens is 2. The maximum Gasteiger partial charge on any atom is 0.340 e. The Morgan fingerprint density at radius 3 is 2.12 bits per heavy atom. The average molecular weight is 462 g/mol. The first kappa shape index (κ1) is 22.9. The van der Waals surface area contributed by atoms with Crippen LogP contribution in [-0.2, 0) is 17.2 Å². The number of aryl methyl sites for hydroxylation is 1. The van der Waals surface area contributed by atoms with Crippen LogP contribution in [0.25, 0.3) is 11.1 Å². The van der Waals surface area contributed by atoms with Crippen molar-refractivity contribution in [3.63, 3.8) is 0 Å². The lowest BCUT2D eigenvalue weighted by molar-refractivity contribution is 0.323. The highest BCUT2D eigenvalue weighted by Gasteiger charge is 2.27. The number of rotatable bonds is 8. The minimum Gasteiger partial charge on any atom is -0.493 e. The van der Waals surface area contributed by atoms with Crippen LogP contribution in [0.2, 0.25) is 0 Å². The molecule has 170 valence electrons. The van der Waals surface area contributed by atoms with Crippen molar-refractivity contribution in [1.29, 1.82) is 0 Å². The van der Waals surface area contributed by atoms with E-state index in [0.29, 0.717) is 5.56 Å². The lowest BCUT2D eigenvalue weighted by Crippen LogP contribution is -2.15. The zero-order valence-electron chi connectivity index (χ0n) is 18.1. The highest BCUT2D eigenvalue weighted by atomic mass is 32.2. The number of benzene rings is 1. The monoisotopic (exact) mass is 462 g/mol. The van der Waals surface area contributed by atoms with E-state index in [-0.39, 0.29) is 44.9 Å². The number of hydrogen-bond acceptors (Lipinski definition) is 9. The van der Waals surface area contributed by atoms with Gasteiger partial charge in [-0.25, -0.2) is 4.98 Å². The van der Waals surface area contributed by atoms with E-state index in [1.165, 1.54) is 57.3 Å². The molecule has 10 nitrogen and oxygen atoms in total. The molecule has 0 aliphatic rings. The van der Waals surface area contributed by atoms with Gasteiger partial charge in [-0.1, -0.05) is 0 Å². The summed E-state index contributed by atoms with van der Waals surface area (Å²) in [6.45, 7) is 0. The van der Waals surface area contributed by atoms with Crippen molar-refractivity contribution >= 4 is 10.1 Å². The molecule has 0 amide bonds. The van der Waals surface area contributed by atoms with Crippen molar-refractivity contribution in [3.05, 3.63) is 53.1 Å². The molecule has 1 aromatic carbocycles. The Labute approximate surface area is 185 Å². The van der Waals surface area contributed by atoms with Crippen LogP contribution < -0.4 is 28.7 Å². The summed E-state index contributed by atoms with van der Waals surface area (Å²) in [5.41, 5.74) is 0.254. The molecule has 0 unspecified atom stereocenters. The summed E-state index contributed by atoms with van der Waals surface area (Å²) in [5.74, 6) is 0.649. The van der Waals surface area contributed by atoms with Crippen molar-refractivity contribution in [2.24, 2.45) is 7.05 Å². The Kier molecular flexibility index (Phi) is 6.58. The second-order valence-electron chi connectivity index (χ2n) is 6.46. The fourth-order valence-electron chi connectivity index (χ4n) is 2.98. The minimum absolute atomic E-state index is 0.122. The van der Waals surface area contributed by atoms with Gasteiger partial charge in [0.1, 0.15) is 4.90 Å². The quantitative estimate of drug-likeness (QED) is 0.465. The zero-order chi connectivity index (χ0) is 23.5. The van der Waals surface area contributed by atoms with Gasteiger partial charge in [-0.05, 0) is 17.7 Å². The smallest absolute Gasteiger partial charge is 0.340 e. The lowest BCUT2D eigenvalue weighted by atomic mass is 10.0. The molecule has 0 N–H and O–H groups in total. The van der Waals surface area contributed by atoms with Gasteiger partial charge in [0.05, 0.1) is 40.2 Å². The Bertz CT molecular complexity index is 1280. The van der Waals surface area contributed by atoms with Crippen LogP contribution in [0.1, 0.15) is 0 Å². The van der Waals surface area contributed by atoms with Gasteiger partial charge < -0.3 is 27.7 Å². The predicted octanol–water partition coefficient (Wildman–Crippen LogP) is 2.25. The van der Waals surface area contributed by atoms with Gasteiger partial charge in [-0.2, -0.15) is 8.42 Å². The van der Waals surface area contributed by atoms with Crippen molar-refractivity contribution < 1.29 is 31.5 Å². The Morgan fingerprint density at radius 1 is 0.875 bits per heavy atom. The van der Waals surface area contributed by atoms with E-state index in [4.69, 9.17) is 23.1 Å². The maximum absolute atomic E-state index is 13.0. The van der Waals surface area contributed by atoms with Crippen LogP contribution >= 0.6 is 0 Å². The van der Waals surface area contributed by atoms with Crippen molar-refractivity contribution in [3.8, 4) is 40.0 Å². The minimum atomic E-state index is -4.31. The normalized spacial score (nSPS) is 11.0. The highest BCUT2D eigenvalue weighted by Crippen LogP contribution is 2.50. The van der Waals surface area contributed by atoms with Gasteiger partial charge in [-0.3, -0.25) is 4.79 Å². The lowest BCUT2D eigenvalue weighted by Gasteiger charge is -2.20. The first-order valence-corrected chi connectivity index (χ1v) is 10.6. The van der Waals surface area contributed by atoms with E-state index >= 15 is 0 Å². The molecule has 2 heterocycles. The number of hydrogen-bond donors (Lipinski definition) is 0. The molecule has 0 fully saturated rings. The van der Waals surface area contributed by atoms with E-state index < -0.39 is 10.1 Å². The largest absolute Gasteiger partial charge is 0.493 e. The van der Waals surface area contributed by atoms with Crippen molar-refractivity contribution in [2.45, 2.75) is 4.90 Å². The summed E-state index contributed by atoms with van der Waals surface area (Å²) in [7, 11) is 2.88. The maximum atomic E-state index is 13.0. The highest BCUT2D eigenvalue weighted by molar-refractivity contribution is 7.87. The molecule has 0 saturated carbocycles. The second-order valence-corrected chi connectivity index (χ2v) is 8.00. The van der Waals surface area contributed by atoms with Gasteiger partial charge in [0.15, 0.2) is 17.2 Å². The Morgan fingerprint density at radius 2 is 1.59 bits per heavy atom. The van der Waals surface area contributed by atoms with Gasteiger partial charge in [0.25, 0.3) is 5.56 Å². The van der Waals surface area contributed by atoms with Crippen LogP contribution in [0.4, 0.5) is 0 Å². The predicted molar refractivity (Wildman–Crippen MR) is 115 cm³/mol. The van der Waals surface area contributed by atoms with Crippen LogP contribution in [-0.4, -0.2) is 46.4 Å². The molecule has 3 rings (SSSR count). The molecular formula is C21H22N2O8S. The fourth-order valence-corrected chi connectivity index (χ4v) is 3.86. The summed E-state index contributed by atoms with van der Waals surface area (Å²) in [4.78, 5) is 16.0. The summed E-state index contributed by atoms with van der Waals surface area (Å²) < 4.78 is 54.0. The molecule has 0 aliphatic carbocycles. The summed E-state index contributed by atoms with van der Waals surface area (Å²) in [5, 5.41) is 0. The molecule has 0 aliphatic heterocycles. The molecule has 2 aromatic heterocycles. The number of pyridine rings is 2. The molecule has 0 radical (unpaired) electrons. The summed E-state index contributed by atoms with van der Waals surface area (Å²) in [6.07, 6.45) is 2.66. The molecule has 3 aromatic rings. The molecule has 11 heteroatoms. The zero-order valence-corrected chi connectivity index (χ0v) is 18.9. The van der Waals surface area contributed by atoms with Crippen LogP contribution in [0.15, 0.2) is 52.4 Å².